The zero-order chi connectivity index (χ0) is 18.0. The van der Waals surface area contributed by atoms with Crippen LogP contribution in [-0.2, 0) is 5.41 Å². The molecule has 2 aliphatic heterocycles. The molecule has 2 heterocycles. The van der Waals surface area contributed by atoms with Crippen LogP contribution in [0.15, 0.2) is 60.7 Å². The van der Waals surface area contributed by atoms with E-state index in [1.165, 1.54) is 32.1 Å². The Kier molecular flexibility index (Phi) is 4.83. The van der Waals surface area contributed by atoms with Gasteiger partial charge >= 0.3 is 0 Å². The van der Waals surface area contributed by atoms with Crippen molar-refractivity contribution in [1.29, 1.82) is 5.26 Å². The third kappa shape index (κ3) is 3.06. The Hall–Kier alpha value is -2.11. The molecule has 134 valence electrons. The summed E-state index contributed by atoms with van der Waals surface area (Å²) in [6, 6.07) is 25.0. The van der Waals surface area contributed by atoms with Crippen LogP contribution < -0.4 is 0 Å². The molecule has 2 bridgehead atoms. The third-order valence-corrected chi connectivity index (χ3v) is 6.76. The van der Waals surface area contributed by atoms with Crippen LogP contribution in [0.2, 0.25) is 0 Å². The first kappa shape index (κ1) is 17.3. The van der Waals surface area contributed by atoms with Crippen molar-refractivity contribution in [2.24, 2.45) is 5.92 Å². The van der Waals surface area contributed by atoms with Crippen LogP contribution in [0.4, 0.5) is 0 Å². The van der Waals surface area contributed by atoms with Gasteiger partial charge in [0, 0.05) is 12.1 Å². The van der Waals surface area contributed by atoms with Crippen LogP contribution in [0.25, 0.3) is 0 Å². The highest BCUT2D eigenvalue weighted by molar-refractivity contribution is 5.45. The van der Waals surface area contributed by atoms with Gasteiger partial charge in [0.2, 0.25) is 0 Å². The van der Waals surface area contributed by atoms with E-state index in [0.29, 0.717) is 18.0 Å². The van der Waals surface area contributed by atoms with Gasteiger partial charge in [0.15, 0.2) is 0 Å². The van der Waals surface area contributed by atoms with Crippen LogP contribution in [0.5, 0.6) is 0 Å². The van der Waals surface area contributed by atoms with Crippen molar-refractivity contribution in [3.8, 4) is 6.07 Å². The molecular weight excluding hydrogens is 316 g/mol. The number of nitrogens with zero attached hydrogens (tertiary/aromatic N) is 2. The van der Waals surface area contributed by atoms with Gasteiger partial charge < -0.3 is 4.90 Å². The first-order valence-electron chi connectivity index (χ1n) is 9.97. The van der Waals surface area contributed by atoms with Gasteiger partial charge in [-0.1, -0.05) is 67.1 Å². The van der Waals surface area contributed by atoms with Gasteiger partial charge in [-0.2, -0.15) is 5.26 Å². The Bertz CT molecular complexity index is 708. The lowest BCUT2D eigenvalue weighted by atomic mass is 9.66. The number of hydrogen-bond acceptors (Lipinski definition) is 2. The molecule has 0 N–H and O–H groups in total. The Morgan fingerprint density at radius 1 is 0.923 bits per heavy atom. The lowest BCUT2D eigenvalue weighted by Gasteiger charge is -2.48. The number of fused-ring (bicyclic) bond motifs is 2. The largest absolute Gasteiger partial charge is 0.300 e. The molecule has 2 aliphatic rings. The smallest absolute Gasteiger partial charge is 0.107 e. The van der Waals surface area contributed by atoms with E-state index in [4.69, 9.17) is 0 Å². The molecule has 0 aromatic heterocycles. The normalized spacial score (nSPS) is 26.2. The van der Waals surface area contributed by atoms with Gasteiger partial charge in [-0.05, 0) is 56.2 Å². The summed E-state index contributed by atoms with van der Waals surface area (Å²) >= 11 is 0. The molecule has 0 radical (unpaired) electrons. The van der Waals surface area contributed by atoms with Gasteiger partial charge in [0.05, 0.1) is 6.07 Å². The predicted octanol–water partition coefficient (Wildman–Crippen LogP) is 5.15. The number of nitriles is 1. The maximum absolute atomic E-state index is 10.4. The summed E-state index contributed by atoms with van der Waals surface area (Å²) in [4.78, 5) is 2.61. The van der Waals surface area contributed by atoms with Crippen LogP contribution in [0.3, 0.4) is 0 Å². The van der Waals surface area contributed by atoms with Crippen molar-refractivity contribution in [1.82, 2.24) is 4.90 Å². The van der Waals surface area contributed by atoms with Crippen molar-refractivity contribution < 1.29 is 0 Å². The Morgan fingerprint density at radius 3 is 1.88 bits per heavy atom. The lowest BCUT2D eigenvalue weighted by Crippen LogP contribution is -2.50. The van der Waals surface area contributed by atoms with Gasteiger partial charge in [-0.25, -0.2) is 0 Å². The molecular formula is C24H28N2. The molecule has 26 heavy (non-hydrogen) atoms. The minimum Gasteiger partial charge on any atom is -0.300 e. The molecule has 2 atom stereocenters. The topological polar surface area (TPSA) is 27.0 Å². The second kappa shape index (κ2) is 7.25. The first-order valence-corrected chi connectivity index (χ1v) is 9.97. The van der Waals surface area contributed by atoms with Crippen molar-refractivity contribution in [3.63, 3.8) is 0 Å². The maximum Gasteiger partial charge on any atom is 0.107 e. The lowest BCUT2D eigenvalue weighted by molar-refractivity contribution is 0.0310. The van der Waals surface area contributed by atoms with Gasteiger partial charge in [0.25, 0.3) is 0 Å². The number of hydrogen-bond donors (Lipinski definition) is 0. The molecule has 0 aliphatic carbocycles. The van der Waals surface area contributed by atoms with Crippen molar-refractivity contribution in [2.75, 3.05) is 7.05 Å². The number of piperidine rings is 2. The summed E-state index contributed by atoms with van der Waals surface area (Å²) in [5.74, 6) is 0.613. The molecule has 4 rings (SSSR count). The van der Waals surface area contributed by atoms with Crippen LogP contribution in [0, 0.1) is 17.2 Å². The average Bonchev–Trinajstić information content (AvgIpc) is 2.68. The van der Waals surface area contributed by atoms with Gasteiger partial charge in [-0.3, -0.25) is 0 Å². The van der Waals surface area contributed by atoms with Crippen molar-refractivity contribution in [2.45, 2.75) is 56.0 Å². The fourth-order valence-electron chi connectivity index (χ4n) is 5.35. The van der Waals surface area contributed by atoms with E-state index < -0.39 is 5.41 Å². The Morgan fingerprint density at radius 2 is 1.42 bits per heavy atom. The quantitative estimate of drug-likeness (QED) is 0.767. The summed E-state index contributed by atoms with van der Waals surface area (Å²) in [7, 11) is 2.30. The van der Waals surface area contributed by atoms with Gasteiger partial charge in [0.1, 0.15) is 5.41 Å². The van der Waals surface area contributed by atoms with E-state index in [9.17, 15) is 5.26 Å². The van der Waals surface area contributed by atoms with E-state index >= 15 is 0 Å². The zero-order valence-electron chi connectivity index (χ0n) is 15.6. The van der Waals surface area contributed by atoms with Crippen molar-refractivity contribution >= 4 is 0 Å². The summed E-state index contributed by atoms with van der Waals surface area (Å²) < 4.78 is 0. The van der Waals surface area contributed by atoms with E-state index in [2.05, 4.69) is 66.5 Å². The second-order valence-corrected chi connectivity index (χ2v) is 8.19. The fourth-order valence-corrected chi connectivity index (χ4v) is 5.35. The summed E-state index contributed by atoms with van der Waals surface area (Å²) in [5, 5.41) is 10.4. The third-order valence-electron chi connectivity index (χ3n) is 6.76. The fraction of sp³-hybridized carbons (Fsp3) is 0.458. The molecule has 0 saturated carbocycles. The van der Waals surface area contributed by atoms with E-state index in [-0.39, 0.29) is 0 Å². The highest BCUT2D eigenvalue weighted by atomic mass is 15.2. The molecule has 2 heteroatoms. The number of benzene rings is 2. The molecule has 0 amide bonds. The predicted molar refractivity (Wildman–Crippen MR) is 106 cm³/mol. The van der Waals surface area contributed by atoms with Crippen LogP contribution >= 0.6 is 0 Å². The van der Waals surface area contributed by atoms with E-state index in [0.717, 1.165) is 17.5 Å². The van der Waals surface area contributed by atoms with E-state index in [1.54, 1.807) is 0 Å². The average molecular weight is 345 g/mol. The molecule has 2 nitrogen and oxygen atoms in total. The molecule has 2 saturated heterocycles. The summed E-state index contributed by atoms with van der Waals surface area (Å²) in [6.07, 6.45) is 7.40. The Balaban J connectivity index is 1.69. The molecule has 2 fully saturated rings. The SMILES string of the molecule is CN1C2CCCC1CC(CC(C#N)(c1ccccc1)c1ccccc1)C2. The standard InChI is InChI=1S/C24H28N2/c1-26-22-13-8-14-23(26)16-19(15-22)17-24(18-25,20-9-4-2-5-10-20)21-11-6-3-7-12-21/h2-7,9-12,19,22-23H,8,13-17H2,1H3. The minimum absolute atomic E-state index is 0.544. The molecule has 0 spiro atoms. The highest BCUT2D eigenvalue weighted by Crippen LogP contribution is 2.44. The molecule has 2 unspecified atom stereocenters. The maximum atomic E-state index is 10.4. The first-order chi connectivity index (χ1) is 12.7. The molecule has 2 aromatic carbocycles. The van der Waals surface area contributed by atoms with Crippen molar-refractivity contribution in [3.05, 3.63) is 71.8 Å². The minimum atomic E-state index is -0.544. The second-order valence-electron chi connectivity index (χ2n) is 8.19. The molecule has 2 aromatic rings. The Labute approximate surface area is 157 Å². The monoisotopic (exact) mass is 344 g/mol. The highest BCUT2D eigenvalue weighted by Gasteiger charge is 2.42. The number of rotatable bonds is 4. The summed E-state index contributed by atoms with van der Waals surface area (Å²) in [5.41, 5.74) is 1.73. The summed E-state index contributed by atoms with van der Waals surface area (Å²) in [6.45, 7) is 0. The van der Waals surface area contributed by atoms with Crippen LogP contribution in [-0.4, -0.2) is 24.0 Å². The van der Waals surface area contributed by atoms with E-state index in [1.807, 2.05) is 12.1 Å². The zero-order valence-corrected chi connectivity index (χ0v) is 15.6. The van der Waals surface area contributed by atoms with Gasteiger partial charge in [-0.15, -0.1) is 0 Å². The van der Waals surface area contributed by atoms with Crippen LogP contribution in [0.1, 0.15) is 49.7 Å².